The molecule has 0 saturated carbocycles. The smallest absolute Gasteiger partial charge is 0.329 e. The molecule has 6 heteroatoms. The van der Waals surface area contributed by atoms with Crippen molar-refractivity contribution in [2.75, 3.05) is 11.5 Å². The Morgan fingerprint density at radius 2 is 1.93 bits per heavy atom. The lowest BCUT2D eigenvalue weighted by Crippen LogP contribution is -2.60. The molecule has 1 aliphatic rings. The molecule has 5 nitrogen and oxygen atoms in total. The zero-order valence-electron chi connectivity index (χ0n) is 8.65. The molecule has 1 atom stereocenters. The summed E-state index contributed by atoms with van der Waals surface area (Å²) in [7, 11) is 0. The van der Waals surface area contributed by atoms with E-state index < -0.39 is 23.3 Å². The normalized spacial score (nSPS) is 21.3. The quantitative estimate of drug-likeness (QED) is 0.709. The number of carbonyl (C=O) groups excluding carboxylic acids is 2. The molecule has 0 aliphatic carbocycles. The number of carboxylic acid groups (broad SMARTS) is 1. The van der Waals surface area contributed by atoms with E-state index in [-0.39, 0.29) is 17.9 Å². The minimum absolute atomic E-state index is 0.175. The van der Waals surface area contributed by atoms with Gasteiger partial charge in [0.2, 0.25) is 11.8 Å². The lowest BCUT2D eigenvalue weighted by Gasteiger charge is -2.37. The predicted molar refractivity (Wildman–Crippen MR) is 55.5 cm³/mol. The maximum atomic E-state index is 11.5. The zero-order valence-corrected chi connectivity index (χ0v) is 9.47. The largest absolute Gasteiger partial charge is 0.479 e. The fourth-order valence-electron chi connectivity index (χ4n) is 1.45. The molecule has 0 radical (unpaired) electrons. The second-order valence-corrected chi connectivity index (χ2v) is 4.53. The molecule has 1 aliphatic heterocycles. The molecule has 0 aromatic rings. The van der Waals surface area contributed by atoms with Gasteiger partial charge in [0.15, 0.2) is 0 Å². The van der Waals surface area contributed by atoms with Crippen molar-refractivity contribution >= 4 is 29.5 Å². The van der Waals surface area contributed by atoms with Gasteiger partial charge in [-0.25, -0.2) is 4.79 Å². The highest BCUT2D eigenvalue weighted by Crippen LogP contribution is 2.25. The van der Waals surface area contributed by atoms with E-state index in [1.54, 1.807) is 6.92 Å². The summed E-state index contributed by atoms with van der Waals surface area (Å²) in [5.74, 6) is -1.62. The monoisotopic (exact) mass is 231 g/mol. The Bertz CT molecular complexity index is 301. The van der Waals surface area contributed by atoms with Crippen molar-refractivity contribution in [3.63, 3.8) is 0 Å². The van der Waals surface area contributed by atoms with Crippen LogP contribution in [0.5, 0.6) is 0 Å². The van der Waals surface area contributed by atoms with Gasteiger partial charge in [0.1, 0.15) is 5.54 Å². The number of imide groups is 1. The summed E-state index contributed by atoms with van der Waals surface area (Å²) in [6.45, 7) is 3.05. The van der Waals surface area contributed by atoms with Crippen molar-refractivity contribution in [2.45, 2.75) is 25.8 Å². The molecule has 0 spiro atoms. The van der Waals surface area contributed by atoms with E-state index in [1.807, 2.05) is 0 Å². The number of carbonyl (C=O) groups is 3. The number of rotatable bonds is 3. The van der Waals surface area contributed by atoms with Crippen LogP contribution in [-0.4, -0.2) is 44.8 Å². The molecule has 1 N–H and O–H groups in total. The third-order valence-electron chi connectivity index (χ3n) is 2.59. The molecule has 1 fully saturated rings. The Kier molecular flexibility index (Phi) is 3.38. The van der Waals surface area contributed by atoms with Crippen LogP contribution >= 0.6 is 11.8 Å². The summed E-state index contributed by atoms with van der Waals surface area (Å²) in [6, 6.07) is 0. The first-order valence-corrected chi connectivity index (χ1v) is 5.76. The molecule has 0 bridgehead atoms. The molecule has 0 aromatic heterocycles. The van der Waals surface area contributed by atoms with Crippen LogP contribution in [0, 0.1) is 0 Å². The Morgan fingerprint density at radius 3 is 2.27 bits per heavy atom. The van der Waals surface area contributed by atoms with Crippen molar-refractivity contribution in [1.29, 1.82) is 0 Å². The molecule has 1 rings (SSSR count). The zero-order chi connectivity index (χ0) is 11.6. The van der Waals surface area contributed by atoms with Crippen LogP contribution in [0.3, 0.4) is 0 Å². The number of carboxylic acids is 1. The Labute approximate surface area is 91.8 Å². The summed E-state index contributed by atoms with van der Waals surface area (Å²) in [4.78, 5) is 35.1. The minimum Gasteiger partial charge on any atom is -0.479 e. The van der Waals surface area contributed by atoms with Gasteiger partial charge in [-0.15, -0.1) is 11.8 Å². The number of amides is 2. The molecule has 0 aromatic carbocycles. The molecular weight excluding hydrogens is 218 g/mol. The van der Waals surface area contributed by atoms with Gasteiger partial charge in [-0.1, -0.05) is 6.92 Å². The van der Waals surface area contributed by atoms with Crippen molar-refractivity contribution in [3.8, 4) is 0 Å². The number of thioether (sulfide) groups is 1. The summed E-state index contributed by atoms with van der Waals surface area (Å²) < 4.78 is 0. The highest BCUT2D eigenvalue weighted by Gasteiger charge is 2.45. The maximum Gasteiger partial charge on any atom is 0.329 e. The summed E-state index contributed by atoms with van der Waals surface area (Å²) >= 11 is 1.22. The van der Waals surface area contributed by atoms with E-state index in [0.717, 1.165) is 4.90 Å². The first kappa shape index (κ1) is 12.0. The fraction of sp³-hybridized carbons (Fsp3) is 0.667. The summed E-state index contributed by atoms with van der Waals surface area (Å²) in [6.07, 6.45) is 0.213. The average molecular weight is 231 g/mol. The molecule has 2 amide bonds. The van der Waals surface area contributed by atoms with Crippen LogP contribution < -0.4 is 0 Å². The van der Waals surface area contributed by atoms with Crippen LogP contribution in [0.25, 0.3) is 0 Å². The average Bonchev–Trinajstić information content (AvgIpc) is 2.16. The molecule has 1 heterocycles. The molecule has 15 heavy (non-hydrogen) atoms. The molecular formula is C9H13NO4S. The van der Waals surface area contributed by atoms with Crippen LogP contribution in [0.1, 0.15) is 20.3 Å². The van der Waals surface area contributed by atoms with E-state index >= 15 is 0 Å². The standard InChI is InChI=1S/C9H13NO4S/c1-3-9(2,8(13)14)10-6(11)4-15-5-7(10)12/h3-5H2,1-2H3,(H,13,14). The second-order valence-electron chi connectivity index (χ2n) is 3.55. The van der Waals surface area contributed by atoms with E-state index in [1.165, 1.54) is 18.7 Å². The highest BCUT2D eigenvalue weighted by atomic mass is 32.2. The SMILES string of the molecule is CCC(C)(C(=O)O)N1C(=O)CSCC1=O. The lowest BCUT2D eigenvalue weighted by molar-refractivity contribution is -0.164. The first-order chi connectivity index (χ1) is 6.93. The van der Waals surface area contributed by atoms with Crippen LogP contribution in [0.15, 0.2) is 0 Å². The predicted octanol–water partition coefficient (Wildman–Crippen LogP) is 0.342. The Morgan fingerprint density at radius 1 is 1.47 bits per heavy atom. The van der Waals surface area contributed by atoms with Crippen molar-refractivity contribution in [1.82, 2.24) is 4.90 Å². The van der Waals surface area contributed by atoms with Gasteiger partial charge in [0.25, 0.3) is 0 Å². The fourth-order valence-corrected chi connectivity index (χ4v) is 2.16. The van der Waals surface area contributed by atoms with Gasteiger partial charge in [0.05, 0.1) is 11.5 Å². The van der Waals surface area contributed by atoms with Crippen molar-refractivity contribution < 1.29 is 19.5 Å². The van der Waals surface area contributed by atoms with Crippen molar-refractivity contribution in [3.05, 3.63) is 0 Å². The molecule has 1 unspecified atom stereocenters. The van der Waals surface area contributed by atoms with Gasteiger partial charge in [0, 0.05) is 0 Å². The van der Waals surface area contributed by atoms with Gasteiger partial charge >= 0.3 is 5.97 Å². The van der Waals surface area contributed by atoms with Crippen LogP contribution in [-0.2, 0) is 14.4 Å². The maximum absolute atomic E-state index is 11.5. The van der Waals surface area contributed by atoms with Gasteiger partial charge in [-0.2, -0.15) is 0 Å². The van der Waals surface area contributed by atoms with E-state index in [9.17, 15) is 14.4 Å². The van der Waals surface area contributed by atoms with E-state index in [4.69, 9.17) is 5.11 Å². The Balaban J connectivity index is 3.05. The first-order valence-electron chi connectivity index (χ1n) is 4.60. The van der Waals surface area contributed by atoms with Gasteiger partial charge < -0.3 is 5.11 Å². The van der Waals surface area contributed by atoms with Crippen LogP contribution in [0.4, 0.5) is 0 Å². The topological polar surface area (TPSA) is 74.7 Å². The number of hydrogen-bond acceptors (Lipinski definition) is 4. The lowest BCUT2D eigenvalue weighted by atomic mass is 9.96. The molecule has 1 saturated heterocycles. The summed E-state index contributed by atoms with van der Waals surface area (Å²) in [5, 5.41) is 9.07. The van der Waals surface area contributed by atoms with Crippen molar-refractivity contribution in [2.24, 2.45) is 0 Å². The van der Waals surface area contributed by atoms with Gasteiger partial charge in [-0.3, -0.25) is 14.5 Å². The number of nitrogens with zero attached hydrogens (tertiary/aromatic N) is 1. The third kappa shape index (κ3) is 1.99. The summed E-state index contributed by atoms with van der Waals surface area (Å²) in [5.41, 5.74) is -1.41. The van der Waals surface area contributed by atoms with Crippen LogP contribution in [0.2, 0.25) is 0 Å². The second kappa shape index (κ2) is 4.22. The van der Waals surface area contributed by atoms with Gasteiger partial charge in [-0.05, 0) is 13.3 Å². The number of hydrogen-bond donors (Lipinski definition) is 1. The number of aliphatic carboxylic acids is 1. The molecule has 84 valence electrons. The van der Waals surface area contributed by atoms with E-state index in [0.29, 0.717) is 0 Å². The minimum atomic E-state index is -1.41. The van der Waals surface area contributed by atoms with E-state index in [2.05, 4.69) is 0 Å². The highest BCUT2D eigenvalue weighted by molar-refractivity contribution is 8.00. The Hall–Kier alpha value is -1.04. The third-order valence-corrected chi connectivity index (χ3v) is 3.49.